The number of fused-ring (bicyclic) bond motifs is 1. The lowest BCUT2D eigenvalue weighted by Crippen LogP contribution is -2.30. The molecule has 2 aromatic carbocycles. The second kappa shape index (κ2) is 7.64. The Hall–Kier alpha value is -3.48. The molecule has 7 heteroatoms. The van der Waals surface area contributed by atoms with Gasteiger partial charge in [-0.3, -0.25) is 9.59 Å². The number of carboxylic acids is 1. The average molecular weight is 384 g/mol. The first-order valence-electron chi connectivity index (χ1n) is 8.54. The summed E-state index contributed by atoms with van der Waals surface area (Å²) in [6.45, 7) is 3.11. The SMILES string of the molecule is COc1ccccc1Oc1coc2cc(OCC(C)(C)C(=O)O)ccc2c1=O. The van der Waals surface area contributed by atoms with E-state index in [0.29, 0.717) is 28.2 Å². The van der Waals surface area contributed by atoms with Gasteiger partial charge >= 0.3 is 5.97 Å². The van der Waals surface area contributed by atoms with E-state index >= 15 is 0 Å². The van der Waals surface area contributed by atoms with Crippen LogP contribution in [0.15, 0.2) is 57.9 Å². The molecule has 0 spiro atoms. The van der Waals surface area contributed by atoms with Gasteiger partial charge in [0.1, 0.15) is 24.2 Å². The zero-order chi connectivity index (χ0) is 20.3. The molecule has 0 atom stereocenters. The van der Waals surface area contributed by atoms with Gasteiger partial charge in [0.05, 0.1) is 17.9 Å². The summed E-state index contributed by atoms with van der Waals surface area (Å²) in [5, 5.41) is 9.47. The van der Waals surface area contributed by atoms with E-state index in [1.165, 1.54) is 13.4 Å². The first-order valence-corrected chi connectivity index (χ1v) is 8.54. The highest BCUT2D eigenvalue weighted by atomic mass is 16.5. The highest BCUT2D eigenvalue weighted by Crippen LogP contribution is 2.31. The van der Waals surface area contributed by atoms with Gasteiger partial charge in [-0.05, 0) is 38.1 Å². The largest absolute Gasteiger partial charge is 0.493 e. The van der Waals surface area contributed by atoms with Crippen LogP contribution in [0.5, 0.6) is 23.0 Å². The molecule has 146 valence electrons. The van der Waals surface area contributed by atoms with Gasteiger partial charge in [-0.25, -0.2) is 0 Å². The molecule has 0 saturated heterocycles. The van der Waals surface area contributed by atoms with E-state index in [1.807, 2.05) is 0 Å². The lowest BCUT2D eigenvalue weighted by molar-refractivity contribution is -0.148. The van der Waals surface area contributed by atoms with Crippen molar-refractivity contribution in [3.8, 4) is 23.0 Å². The molecule has 1 heterocycles. The van der Waals surface area contributed by atoms with E-state index in [-0.39, 0.29) is 17.8 Å². The number of hydrogen-bond acceptors (Lipinski definition) is 6. The standard InChI is InChI=1S/C21H20O7/c1-21(2,20(23)24)12-27-13-8-9-14-17(10-13)26-11-18(19(14)22)28-16-7-5-4-6-15(16)25-3/h4-11H,12H2,1-3H3,(H,23,24). The summed E-state index contributed by atoms with van der Waals surface area (Å²) < 4.78 is 21.9. The number of para-hydroxylation sites is 2. The third kappa shape index (κ3) is 3.93. The van der Waals surface area contributed by atoms with E-state index in [0.717, 1.165) is 0 Å². The molecule has 3 aromatic rings. The maximum atomic E-state index is 12.7. The molecule has 0 saturated carbocycles. The lowest BCUT2D eigenvalue weighted by Gasteiger charge is -2.19. The van der Waals surface area contributed by atoms with Crippen LogP contribution in [0.4, 0.5) is 0 Å². The smallest absolute Gasteiger partial charge is 0.312 e. The molecule has 0 radical (unpaired) electrons. The van der Waals surface area contributed by atoms with Crippen LogP contribution in [0.2, 0.25) is 0 Å². The predicted octanol–water partition coefficient (Wildman–Crippen LogP) is 4.08. The van der Waals surface area contributed by atoms with E-state index in [4.69, 9.17) is 23.7 Å². The van der Waals surface area contributed by atoms with Gasteiger partial charge in [0, 0.05) is 6.07 Å². The summed E-state index contributed by atoms with van der Waals surface area (Å²) in [5.74, 6) is 0.360. The molecule has 1 N–H and O–H groups in total. The van der Waals surface area contributed by atoms with Gasteiger partial charge in [-0.2, -0.15) is 0 Å². The molecule has 0 fully saturated rings. The van der Waals surface area contributed by atoms with Gasteiger partial charge in [-0.1, -0.05) is 12.1 Å². The number of carboxylic acid groups (broad SMARTS) is 1. The Labute approximate surface area is 161 Å². The topological polar surface area (TPSA) is 95.2 Å². The minimum Gasteiger partial charge on any atom is -0.493 e. The Morgan fingerprint density at radius 2 is 1.82 bits per heavy atom. The molecule has 7 nitrogen and oxygen atoms in total. The third-order valence-corrected chi connectivity index (χ3v) is 4.18. The van der Waals surface area contributed by atoms with Gasteiger partial charge in [-0.15, -0.1) is 0 Å². The monoisotopic (exact) mass is 384 g/mol. The molecule has 0 unspecified atom stereocenters. The summed E-state index contributed by atoms with van der Waals surface area (Å²) in [4.78, 5) is 23.9. The van der Waals surface area contributed by atoms with Crippen molar-refractivity contribution in [2.45, 2.75) is 13.8 Å². The number of hydrogen-bond donors (Lipinski definition) is 1. The van der Waals surface area contributed by atoms with Crippen LogP contribution < -0.4 is 19.6 Å². The molecular formula is C21H20O7. The first-order chi connectivity index (χ1) is 13.3. The van der Waals surface area contributed by atoms with Crippen molar-refractivity contribution >= 4 is 16.9 Å². The van der Waals surface area contributed by atoms with Crippen molar-refractivity contribution in [1.82, 2.24) is 0 Å². The number of benzene rings is 2. The Bertz CT molecular complexity index is 1070. The van der Waals surface area contributed by atoms with Crippen LogP contribution >= 0.6 is 0 Å². The summed E-state index contributed by atoms with van der Waals surface area (Å²) >= 11 is 0. The second-order valence-corrected chi connectivity index (χ2v) is 6.82. The first kappa shape index (κ1) is 19.3. The maximum Gasteiger partial charge on any atom is 0.312 e. The van der Waals surface area contributed by atoms with Crippen molar-refractivity contribution in [2.75, 3.05) is 13.7 Å². The normalized spacial score (nSPS) is 11.2. The van der Waals surface area contributed by atoms with Crippen molar-refractivity contribution in [2.24, 2.45) is 5.41 Å². The molecule has 3 rings (SSSR count). The third-order valence-electron chi connectivity index (χ3n) is 4.18. The Balaban J connectivity index is 1.87. The van der Waals surface area contributed by atoms with Crippen LogP contribution in [0.25, 0.3) is 11.0 Å². The second-order valence-electron chi connectivity index (χ2n) is 6.82. The molecule has 0 amide bonds. The fourth-order valence-electron chi connectivity index (χ4n) is 2.40. The van der Waals surface area contributed by atoms with E-state index < -0.39 is 11.4 Å². The molecule has 0 aliphatic heterocycles. The molecular weight excluding hydrogens is 364 g/mol. The highest BCUT2D eigenvalue weighted by molar-refractivity contribution is 5.79. The van der Waals surface area contributed by atoms with E-state index in [9.17, 15) is 9.59 Å². The van der Waals surface area contributed by atoms with Crippen molar-refractivity contribution < 1.29 is 28.5 Å². The van der Waals surface area contributed by atoms with Crippen LogP contribution in [0.3, 0.4) is 0 Å². The minimum atomic E-state index is -1.04. The Morgan fingerprint density at radius 3 is 2.50 bits per heavy atom. The van der Waals surface area contributed by atoms with Crippen molar-refractivity contribution in [1.29, 1.82) is 0 Å². The number of ether oxygens (including phenoxy) is 3. The van der Waals surface area contributed by atoms with Gasteiger partial charge in [0.2, 0.25) is 11.2 Å². The van der Waals surface area contributed by atoms with Gasteiger partial charge < -0.3 is 23.7 Å². The van der Waals surface area contributed by atoms with Crippen LogP contribution in [0, 0.1) is 5.41 Å². The summed E-state index contributed by atoms with van der Waals surface area (Å²) in [6, 6.07) is 11.7. The fourth-order valence-corrected chi connectivity index (χ4v) is 2.40. The zero-order valence-corrected chi connectivity index (χ0v) is 15.7. The number of carbonyl (C=O) groups is 1. The Kier molecular flexibility index (Phi) is 5.26. The zero-order valence-electron chi connectivity index (χ0n) is 15.7. The minimum absolute atomic E-state index is 0.0208. The maximum absolute atomic E-state index is 12.7. The quantitative estimate of drug-likeness (QED) is 0.656. The van der Waals surface area contributed by atoms with E-state index in [1.54, 1.807) is 56.3 Å². The lowest BCUT2D eigenvalue weighted by atomic mass is 9.95. The van der Waals surface area contributed by atoms with Crippen molar-refractivity contribution in [3.63, 3.8) is 0 Å². The van der Waals surface area contributed by atoms with E-state index in [2.05, 4.69) is 0 Å². The highest BCUT2D eigenvalue weighted by Gasteiger charge is 2.28. The summed E-state index contributed by atoms with van der Waals surface area (Å²) in [6.07, 6.45) is 1.22. The molecule has 0 aliphatic carbocycles. The molecule has 28 heavy (non-hydrogen) atoms. The van der Waals surface area contributed by atoms with Crippen LogP contribution in [-0.2, 0) is 4.79 Å². The fraction of sp³-hybridized carbons (Fsp3) is 0.238. The van der Waals surface area contributed by atoms with Crippen LogP contribution in [-0.4, -0.2) is 24.8 Å². The summed E-state index contributed by atoms with van der Waals surface area (Å²) in [5.41, 5.74) is -1.07. The number of rotatable bonds is 7. The molecule has 1 aromatic heterocycles. The Morgan fingerprint density at radius 1 is 1.11 bits per heavy atom. The van der Waals surface area contributed by atoms with Gasteiger partial charge in [0.25, 0.3) is 0 Å². The molecule has 0 bridgehead atoms. The van der Waals surface area contributed by atoms with Gasteiger partial charge in [0.15, 0.2) is 11.5 Å². The number of methoxy groups -OCH3 is 1. The summed E-state index contributed by atoms with van der Waals surface area (Å²) in [7, 11) is 1.51. The average Bonchev–Trinajstić information content (AvgIpc) is 2.69. The molecule has 0 aliphatic rings. The van der Waals surface area contributed by atoms with Crippen molar-refractivity contribution in [3.05, 3.63) is 59.0 Å². The van der Waals surface area contributed by atoms with Crippen LogP contribution in [0.1, 0.15) is 13.8 Å². The number of aliphatic carboxylic acids is 1. The predicted molar refractivity (Wildman–Crippen MR) is 102 cm³/mol.